The Bertz CT molecular complexity index is 766. The predicted octanol–water partition coefficient (Wildman–Crippen LogP) is 4.60. The van der Waals surface area contributed by atoms with Crippen LogP contribution in [-0.2, 0) is 0 Å². The van der Waals surface area contributed by atoms with Crippen LogP contribution in [0.25, 0.3) is 16.7 Å². The van der Waals surface area contributed by atoms with Crippen molar-refractivity contribution in [2.75, 3.05) is 0 Å². The molecule has 0 radical (unpaired) electrons. The first-order valence-electron chi connectivity index (χ1n) is 6.15. The Morgan fingerprint density at radius 2 is 1.80 bits per heavy atom. The molecular weight excluding hydrogens is 282 g/mol. The molecule has 2 aromatic carbocycles. The van der Waals surface area contributed by atoms with Crippen molar-refractivity contribution >= 4 is 22.6 Å². The summed E-state index contributed by atoms with van der Waals surface area (Å²) < 4.78 is 29.2. The molecule has 2 nitrogen and oxygen atoms in total. The third-order valence-corrected chi connectivity index (χ3v) is 3.30. The van der Waals surface area contributed by atoms with Gasteiger partial charge in [0, 0.05) is 5.69 Å². The summed E-state index contributed by atoms with van der Waals surface area (Å²) in [5.41, 5.74) is 1.19. The molecule has 0 aliphatic rings. The van der Waals surface area contributed by atoms with Crippen molar-refractivity contribution in [1.82, 2.24) is 9.55 Å². The summed E-state index contributed by atoms with van der Waals surface area (Å²) in [6.45, 7) is 1.75. The topological polar surface area (TPSA) is 17.8 Å². The molecule has 3 rings (SSSR count). The second-order valence-electron chi connectivity index (χ2n) is 4.49. The van der Waals surface area contributed by atoms with Crippen LogP contribution in [0.1, 0.15) is 18.1 Å². The Morgan fingerprint density at radius 1 is 1.10 bits per heavy atom. The van der Waals surface area contributed by atoms with Gasteiger partial charge in [-0.1, -0.05) is 18.2 Å². The summed E-state index contributed by atoms with van der Waals surface area (Å²) in [7, 11) is 0. The third kappa shape index (κ3) is 1.96. The molecule has 1 aromatic heterocycles. The average molecular weight is 293 g/mol. The molecular formula is C15H11ClF2N2. The summed E-state index contributed by atoms with van der Waals surface area (Å²) >= 11 is 6.12. The Kier molecular flexibility index (Phi) is 3.18. The van der Waals surface area contributed by atoms with Crippen LogP contribution in [-0.4, -0.2) is 9.55 Å². The summed E-state index contributed by atoms with van der Waals surface area (Å²) in [5, 5.41) is -0.426. The van der Waals surface area contributed by atoms with E-state index < -0.39 is 17.0 Å². The van der Waals surface area contributed by atoms with E-state index in [2.05, 4.69) is 4.98 Å². The van der Waals surface area contributed by atoms with E-state index in [1.165, 1.54) is 6.07 Å². The maximum Gasteiger partial charge on any atom is 0.185 e. The van der Waals surface area contributed by atoms with Crippen molar-refractivity contribution in [3.63, 3.8) is 0 Å². The SMILES string of the molecule is CC(Cl)c1nc2ccc(F)c(F)c2n1-c1ccccc1. The van der Waals surface area contributed by atoms with Gasteiger partial charge in [-0.3, -0.25) is 4.57 Å². The van der Waals surface area contributed by atoms with Gasteiger partial charge in [0.2, 0.25) is 0 Å². The highest BCUT2D eigenvalue weighted by Gasteiger charge is 2.20. The normalized spacial score (nSPS) is 12.8. The summed E-state index contributed by atoms with van der Waals surface area (Å²) in [4.78, 5) is 4.31. The minimum atomic E-state index is -0.914. The second kappa shape index (κ2) is 4.87. The van der Waals surface area contributed by atoms with Gasteiger partial charge in [0.1, 0.15) is 11.3 Å². The van der Waals surface area contributed by atoms with Crippen molar-refractivity contribution in [3.05, 3.63) is 59.9 Å². The van der Waals surface area contributed by atoms with E-state index in [9.17, 15) is 8.78 Å². The van der Waals surface area contributed by atoms with Gasteiger partial charge in [-0.15, -0.1) is 11.6 Å². The average Bonchev–Trinajstić information content (AvgIpc) is 2.84. The zero-order chi connectivity index (χ0) is 14.3. The molecule has 5 heteroatoms. The van der Waals surface area contributed by atoms with Gasteiger partial charge >= 0.3 is 0 Å². The summed E-state index contributed by atoms with van der Waals surface area (Å²) in [6.07, 6.45) is 0. The van der Waals surface area contributed by atoms with Gasteiger partial charge in [-0.25, -0.2) is 13.8 Å². The first kappa shape index (κ1) is 13.1. The molecule has 0 N–H and O–H groups in total. The lowest BCUT2D eigenvalue weighted by molar-refractivity contribution is 0.514. The molecule has 1 atom stereocenters. The molecule has 102 valence electrons. The molecule has 0 fully saturated rings. The number of halogens is 3. The summed E-state index contributed by atoms with van der Waals surface area (Å²) in [5.74, 6) is -1.33. The number of imidazole rings is 1. The Morgan fingerprint density at radius 3 is 2.45 bits per heavy atom. The van der Waals surface area contributed by atoms with E-state index in [4.69, 9.17) is 11.6 Å². The van der Waals surface area contributed by atoms with Gasteiger partial charge in [-0.2, -0.15) is 0 Å². The van der Waals surface area contributed by atoms with Crippen LogP contribution < -0.4 is 0 Å². The van der Waals surface area contributed by atoms with Crippen molar-refractivity contribution < 1.29 is 8.78 Å². The molecule has 1 heterocycles. The monoisotopic (exact) mass is 292 g/mol. The van der Waals surface area contributed by atoms with E-state index >= 15 is 0 Å². The number of nitrogens with zero attached hydrogens (tertiary/aromatic N) is 2. The third-order valence-electron chi connectivity index (χ3n) is 3.11. The lowest BCUT2D eigenvalue weighted by atomic mass is 10.2. The predicted molar refractivity (Wildman–Crippen MR) is 75.3 cm³/mol. The number of benzene rings is 2. The van der Waals surface area contributed by atoms with E-state index in [1.54, 1.807) is 23.6 Å². The Balaban J connectivity index is 2.43. The van der Waals surface area contributed by atoms with Crippen LogP contribution in [0.3, 0.4) is 0 Å². The fourth-order valence-electron chi connectivity index (χ4n) is 2.23. The Labute approximate surface area is 119 Å². The molecule has 0 aliphatic heterocycles. The number of hydrogen-bond donors (Lipinski definition) is 0. The molecule has 0 saturated heterocycles. The van der Waals surface area contributed by atoms with E-state index in [0.29, 0.717) is 17.0 Å². The van der Waals surface area contributed by atoms with Crippen LogP contribution in [0.5, 0.6) is 0 Å². The van der Waals surface area contributed by atoms with Gasteiger partial charge in [0.25, 0.3) is 0 Å². The minimum Gasteiger partial charge on any atom is -0.292 e. The fourth-order valence-corrected chi connectivity index (χ4v) is 2.37. The standard InChI is InChI=1S/C15H11ClF2N2/c1-9(16)15-19-12-8-7-11(17)13(18)14(12)20(15)10-5-3-2-4-6-10/h2-9H,1H3. The molecule has 0 aliphatic carbocycles. The van der Waals surface area contributed by atoms with Crippen LogP contribution in [0.15, 0.2) is 42.5 Å². The van der Waals surface area contributed by atoms with Crippen molar-refractivity contribution in [3.8, 4) is 5.69 Å². The van der Waals surface area contributed by atoms with Gasteiger partial charge in [0.15, 0.2) is 11.6 Å². The first-order chi connectivity index (χ1) is 9.59. The number of rotatable bonds is 2. The van der Waals surface area contributed by atoms with Crippen LogP contribution in [0, 0.1) is 11.6 Å². The molecule has 0 spiro atoms. The molecule has 3 aromatic rings. The van der Waals surface area contributed by atoms with Crippen molar-refractivity contribution in [2.45, 2.75) is 12.3 Å². The highest BCUT2D eigenvalue weighted by Crippen LogP contribution is 2.30. The molecule has 0 saturated carbocycles. The minimum absolute atomic E-state index is 0.110. The van der Waals surface area contributed by atoms with Gasteiger partial charge in [0.05, 0.1) is 10.9 Å². The van der Waals surface area contributed by atoms with E-state index in [-0.39, 0.29) is 5.52 Å². The van der Waals surface area contributed by atoms with Crippen LogP contribution in [0.4, 0.5) is 8.78 Å². The second-order valence-corrected chi connectivity index (χ2v) is 5.14. The number of alkyl halides is 1. The number of hydrogen-bond acceptors (Lipinski definition) is 1. The smallest absolute Gasteiger partial charge is 0.185 e. The zero-order valence-corrected chi connectivity index (χ0v) is 11.4. The van der Waals surface area contributed by atoms with Gasteiger partial charge in [-0.05, 0) is 31.2 Å². The quantitative estimate of drug-likeness (QED) is 0.631. The molecule has 0 bridgehead atoms. The first-order valence-corrected chi connectivity index (χ1v) is 6.59. The number of fused-ring (bicyclic) bond motifs is 1. The lowest BCUT2D eigenvalue weighted by Gasteiger charge is -2.10. The van der Waals surface area contributed by atoms with Crippen molar-refractivity contribution in [1.29, 1.82) is 0 Å². The van der Waals surface area contributed by atoms with Crippen LogP contribution in [0.2, 0.25) is 0 Å². The lowest BCUT2D eigenvalue weighted by Crippen LogP contribution is -2.03. The number of aromatic nitrogens is 2. The highest BCUT2D eigenvalue weighted by atomic mass is 35.5. The van der Waals surface area contributed by atoms with Crippen LogP contribution >= 0.6 is 11.6 Å². The van der Waals surface area contributed by atoms with E-state index in [0.717, 1.165) is 6.07 Å². The fraction of sp³-hybridized carbons (Fsp3) is 0.133. The van der Waals surface area contributed by atoms with Crippen molar-refractivity contribution in [2.24, 2.45) is 0 Å². The summed E-state index contributed by atoms with van der Waals surface area (Å²) in [6, 6.07) is 11.6. The molecule has 0 amide bonds. The van der Waals surface area contributed by atoms with E-state index in [1.807, 2.05) is 18.2 Å². The highest BCUT2D eigenvalue weighted by molar-refractivity contribution is 6.20. The maximum absolute atomic E-state index is 14.1. The molecule has 20 heavy (non-hydrogen) atoms. The Hall–Kier alpha value is -1.94. The number of para-hydroxylation sites is 1. The van der Waals surface area contributed by atoms with Gasteiger partial charge < -0.3 is 0 Å². The zero-order valence-electron chi connectivity index (χ0n) is 10.6. The molecule has 1 unspecified atom stereocenters. The largest absolute Gasteiger partial charge is 0.292 e. The maximum atomic E-state index is 14.1.